The molecule has 1 atom stereocenters. The van der Waals surface area contributed by atoms with Gasteiger partial charge in [0.1, 0.15) is 12.6 Å². The maximum atomic E-state index is 12.4. The maximum Gasteiger partial charge on any atom is 0.326 e. The van der Waals surface area contributed by atoms with Gasteiger partial charge < -0.3 is 14.6 Å². The minimum Gasteiger partial charge on any atom is -0.480 e. The number of carboxylic acid groups (broad SMARTS) is 1. The smallest absolute Gasteiger partial charge is 0.326 e. The molecule has 0 saturated carbocycles. The van der Waals surface area contributed by atoms with E-state index in [0.717, 1.165) is 23.9 Å². The van der Waals surface area contributed by atoms with Crippen molar-refractivity contribution in [1.29, 1.82) is 0 Å². The lowest BCUT2D eigenvalue weighted by Gasteiger charge is -2.33. The summed E-state index contributed by atoms with van der Waals surface area (Å²) in [6.45, 7) is 0.646. The molecule has 6 heteroatoms. The van der Waals surface area contributed by atoms with Crippen molar-refractivity contribution in [2.24, 2.45) is 0 Å². The van der Waals surface area contributed by atoms with Crippen LogP contribution in [0, 0.1) is 0 Å². The number of carbonyl (C=O) groups is 2. The summed E-state index contributed by atoms with van der Waals surface area (Å²) in [5.41, 5.74) is 1.72. The van der Waals surface area contributed by atoms with E-state index in [2.05, 4.69) is 4.98 Å². The Hall–Kier alpha value is -2.37. The number of carboxylic acids is 1. The predicted octanol–water partition coefficient (Wildman–Crippen LogP) is 1.50. The summed E-state index contributed by atoms with van der Waals surface area (Å²) in [5, 5.41) is 9.24. The number of benzene rings is 1. The molecule has 1 amide bonds. The van der Waals surface area contributed by atoms with E-state index in [1.165, 1.54) is 4.90 Å². The van der Waals surface area contributed by atoms with Crippen LogP contribution in [0.2, 0.25) is 0 Å². The molecule has 1 aromatic carbocycles. The zero-order chi connectivity index (χ0) is 14.8. The molecule has 1 aliphatic heterocycles. The zero-order valence-corrected chi connectivity index (χ0v) is 11.6. The summed E-state index contributed by atoms with van der Waals surface area (Å²) in [6.07, 6.45) is 3.88. The number of fused-ring (bicyclic) bond motifs is 1. The molecule has 6 nitrogen and oxygen atoms in total. The Morgan fingerprint density at radius 1 is 1.29 bits per heavy atom. The minimum atomic E-state index is -0.918. The Morgan fingerprint density at radius 2 is 2.10 bits per heavy atom. The number of rotatable bonds is 3. The minimum absolute atomic E-state index is 0.129. The van der Waals surface area contributed by atoms with Crippen LogP contribution in [0.25, 0.3) is 11.0 Å². The molecule has 2 heterocycles. The van der Waals surface area contributed by atoms with Crippen LogP contribution in [0.4, 0.5) is 0 Å². The van der Waals surface area contributed by atoms with Crippen LogP contribution in [-0.4, -0.2) is 44.0 Å². The van der Waals surface area contributed by atoms with E-state index in [0.29, 0.717) is 13.0 Å². The Balaban J connectivity index is 1.80. The molecular formula is C15H17N3O3. The molecule has 21 heavy (non-hydrogen) atoms. The van der Waals surface area contributed by atoms with Crippen LogP contribution in [0.3, 0.4) is 0 Å². The summed E-state index contributed by atoms with van der Waals surface area (Å²) >= 11 is 0. The fourth-order valence-electron chi connectivity index (χ4n) is 2.86. The van der Waals surface area contributed by atoms with Gasteiger partial charge in [0.05, 0.1) is 17.4 Å². The van der Waals surface area contributed by atoms with Crippen LogP contribution >= 0.6 is 0 Å². The van der Waals surface area contributed by atoms with Gasteiger partial charge in [-0.25, -0.2) is 9.78 Å². The van der Waals surface area contributed by atoms with Gasteiger partial charge in [0.2, 0.25) is 5.91 Å². The number of hydrogen-bond acceptors (Lipinski definition) is 3. The van der Waals surface area contributed by atoms with E-state index in [4.69, 9.17) is 0 Å². The third-order valence-electron chi connectivity index (χ3n) is 3.94. The van der Waals surface area contributed by atoms with Crippen LogP contribution in [0.5, 0.6) is 0 Å². The van der Waals surface area contributed by atoms with Crippen molar-refractivity contribution in [3.05, 3.63) is 30.6 Å². The SMILES string of the molecule is O=C(O)C1CCCCN1C(=O)Cn1cnc2ccccc21. The van der Waals surface area contributed by atoms with Gasteiger partial charge in [-0.15, -0.1) is 0 Å². The van der Waals surface area contributed by atoms with Gasteiger partial charge in [0.15, 0.2) is 0 Å². The number of hydrogen-bond donors (Lipinski definition) is 1. The summed E-state index contributed by atoms with van der Waals surface area (Å²) in [6, 6.07) is 6.89. The highest BCUT2D eigenvalue weighted by atomic mass is 16.4. The molecule has 1 N–H and O–H groups in total. The number of carbonyl (C=O) groups excluding carboxylic acids is 1. The number of likely N-dealkylation sites (tertiary alicyclic amines) is 1. The first-order valence-corrected chi connectivity index (χ1v) is 7.09. The van der Waals surface area contributed by atoms with E-state index in [-0.39, 0.29) is 12.5 Å². The van der Waals surface area contributed by atoms with Crippen molar-refractivity contribution >= 4 is 22.9 Å². The van der Waals surface area contributed by atoms with E-state index in [9.17, 15) is 14.7 Å². The number of imidazole rings is 1. The highest BCUT2D eigenvalue weighted by Gasteiger charge is 2.31. The number of amides is 1. The second-order valence-electron chi connectivity index (χ2n) is 5.30. The van der Waals surface area contributed by atoms with Crippen LogP contribution < -0.4 is 0 Å². The first-order valence-electron chi connectivity index (χ1n) is 7.09. The molecule has 1 saturated heterocycles. The molecular weight excluding hydrogens is 270 g/mol. The van der Waals surface area contributed by atoms with Gasteiger partial charge in [-0.05, 0) is 31.4 Å². The summed E-state index contributed by atoms with van der Waals surface area (Å²) in [7, 11) is 0. The highest BCUT2D eigenvalue weighted by molar-refractivity contribution is 5.85. The van der Waals surface area contributed by atoms with Crippen molar-refractivity contribution in [3.63, 3.8) is 0 Å². The van der Waals surface area contributed by atoms with Crippen molar-refractivity contribution in [3.8, 4) is 0 Å². The Labute approximate surface area is 122 Å². The summed E-state index contributed by atoms with van der Waals surface area (Å²) < 4.78 is 1.77. The largest absolute Gasteiger partial charge is 0.480 e. The first-order chi connectivity index (χ1) is 10.2. The van der Waals surface area contributed by atoms with Crippen molar-refractivity contribution in [1.82, 2.24) is 14.5 Å². The molecule has 3 rings (SSSR count). The highest BCUT2D eigenvalue weighted by Crippen LogP contribution is 2.19. The number of nitrogens with zero attached hydrogens (tertiary/aromatic N) is 3. The van der Waals surface area contributed by atoms with Gasteiger partial charge >= 0.3 is 5.97 Å². The van der Waals surface area contributed by atoms with Gasteiger partial charge in [-0.2, -0.15) is 0 Å². The normalized spacial score (nSPS) is 18.9. The molecule has 0 aliphatic carbocycles. The molecule has 1 aliphatic rings. The van der Waals surface area contributed by atoms with Crippen LogP contribution in [-0.2, 0) is 16.1 Å². The molecule has 0 bridgehead atoms. The van der Waals surface area contributed by atoms with E-state index in [1.807, 2.05) is 24.3 Å². The number of aliphatic carboxylic acids is 1. The second-order valence-corrected chi connectivity index (χ2v) is 5.30. The number of aromatic nitrogens is 2. The first kappa shape index (κ1) is 13.6. The molecule has 2 aromatic rings. The Morgan fingerprint density at radius 3 is 2.90 bits per heavy atom. The Bertz CT molecular complexity index is 680. The predicted molar refractivity (Wildman–Crippen MR) is 76.7 cm³/mol. The topological polar surface area (TPSA) is 75.4 Å². The molecule has 0 radical (unpaired) electrons. The quantitative estimate of drug-likeness (QED) is 0.928. The van der Waals surface area contributed by atoms with E-state index < -0.39 is 12.0 Å². The lowest BCUT2D eigenvalue weighted by Crippen LogP contribution is -2.49. The molecule has 1 fully saturated rings. The fraction of sp³-hybridized carbons (Fsp3) is 0.400. The van der Waals surface area contributed by atoms with Crippen molar-refractivity contribution in [2.45, 2.75) is 31.8 Å². The zero-order valence-electron chi connectivity index (χ0n) is 11.6. The summed E-state index contributed by atoms with van der Waals surface area (Å²) in [5.74, 6) is -1.08. The Kier molecular flexibility index (Phi) is 3.60. The molecule has 1 unspecified atom stereocenters. The van der Waals surface area contributed by atoms with Crippen molar-refractivity contribution < 1.29 is 14.7 Å². The average Bonchev–Trinajstić information content (AvgIpc) is 2.90. The lowest BCUT2D eigenvalue weighted by atomic mass is 10.0. The standard InChI is InChI=1S/C15H17N3O3/c19-14(18-8-4-3-7-13(18)15(20)21)9-17-10-16-11-5-1-2-6-12(11)17/h1-2,5-6,10,13H,3-4,7-9H2,(H,20,21). The van der Waals surface area contributed by atoms with Gasteiger partial charge in [0, 0.05) is 6.54 Å². The third-order valence-corrected chi connectivity index (χ3v) is 3.94. The van der Waals surface area contributed by atoms with E-state index in [1.54, 1.807) is 10.9 Å². The van der Waals surface area contributed by atoms with Crippen LogP contribution in [0.15, 0.2) is 30.6 Å². The van der Waals surface area contributed by atoms with Crippen molar-refractivity contribution in [2.75, 3.05) is 6.54 Å². The van der Waals surface area contributed by atoms with Crippen LogP contribution in [0.1, 0.15) is 19.3 Å². The average molecular weight is 287 g/mol. The number of para-hydroxylation sites is 2. The molecule has 1 aromatic heterocycles. The lowest BCUT2D eigenvalue weighted by molar-refractivity contribution is -0.152. The molecule has 0 spiro atoms. The maximum absolute atomic E-state index is 12.4. The van der Waals surface area contributed by atoms with Gasteiger partial charge in [0.25, 0.3) is 0 Å². The monoisotopic (exact) mass is 287 g/mol. The number of piperidine rings is 1. The van der Waals surface area contributed by atoms with Gasteiger partial charge in [-0.1, -0.05) is 12.1 Å². The second kappa shape index (κ2) is 5.55. The molecule has 110 valence electrons. The van der Waals surface area contributed by atoms with Gasteiger partial charge in [-0.3, -0.25) is 4.79 Å². The third kappa shape index (κ3) is 2.61. The summed E-state index contributed by atoms with van der Waals surface area (Å²) in [4.78, 5) is 29.4. The van der Waals surface area contributed by atoms with E-state index >= 15 is 0 Å². The fourth-order valence-corrected chi connectivity index (χ4v) is 2.86.